The average molecular weight is 468 g/mol. The Morgan fingerprint density at radius 3 is 1.85 bits per heavy atom. The third kappa shape index (κ3) is 5.28. The van der Waals surface area contributed by atoms with E-state index in [-0.39, 0.29) is 36.5 Å². The molecule has 0 atom stereocenters. The zero-order valence-electron chi connectivity index (χ0n) is 17.9. The zero-order chi connectivity index (χ0) is 23.4. The van der Waals surface area contributed by atoms with Gasteiger partial charge in [-0.05, 0) is 47.0 Å². The van der Waals surface area contributed by atoms with Crippen LogP contribution in [0.2, 0.25) is 0 Å². The van der Waals surface area contributed by atoms with E-state index >= 15 is 0 Å². The van der Waals surface area contributed by atoms with Crippen molar-refractivity contribution in [2.24, 2.45) is 0 Å². The highest BCUT2D eigenvalue weighted by Gasteiger charge is 2.31. The molecule has 0 bridgehead atoms. The molecular formula is C25H23F2N3O2S. The summed E-state index contributed by atoms with van der Waals surface area (Å²) in [5.41, 5.74) is 2.54. The molecule has 0 unspecified atom stereocenters. The highest BCUT2D eigenvalue weighted by molar-refractivity contribution is 7.88. The van der Waals surface area contributed by atoms with Gasteiger partial charge in [-0.3, -0.25) is 4.90 Å². The Morgan fingerprint density at radius 2 is 1.33 bits per heavy atom. The topological polar surface area (TPSA) is 64.4 Å². The average Bonchev–Trinajstić information content (AvgIpc) is 2.82. The molecule has 0 aliphatic carbocycles. The maximum absolute atomic E-state index is 13.5. The summed E-state index contributed by atoms with van der Waals surface area (Å²) in [5, 5.41) is 9.26. The van der Waals surface area contributed by atoms with E-state index in [9.17, 15) is 22.5 Å². The first kappa shape index (κ1) is 23.1. The summed E-state index contributed by atoms with van der Waals surface area (Å²) >= 11 is 0. The van der Waals surface area contributed by atoms with Crippen LogP contribution < -0.4 is 0 Å². The summed E-state index contributed by atoms with van der Waals surface area (Å²) in [7, 11) is -3.60. The molecule has 0 amide bonds. The summed E-state index contributed by atoms with van der Waals surface area (Å²) in [6.45, 7) is 1.49. The van der Waals surface area contributed by atoms with E-state index in [0.29, 0.717) is 24.2 Å². The molecule has 0 N–H and O–H groups in total. The fourth-order valence-electron chi connectivity index (χ4n) is 4.19. The van der Waals surface area contributed by atoms with Crippen LogP contribution in [-0.2, 0) is 15.8 Å². The van der Waals surface area contributed by atoms with Crippen LogP contribution in [0.5, 0.6) is 0 Å². The fraction of sp³-hybridized carbons (Fsp3) is 0.240. The lowest BCUT2D eigenvalue weighted by Gasteiger charge is -2.39. The van der Waals surface area contributed by atoms with Gasteiger partial charge in [0.15, 0.2) is 0 Å². The van der Waals surface area contributed by atoms with Crippen LogP contribution in [0.25, 0.3) is 0 Å². The first-order valence-corrected chi connectivity index (χ1v) is 12.2. The van der Waals surface area contributed by atoms with Crippen molar-refractivity contribution in [3.63, 3.8) is 0 Å². The van der Waals surface area contributed by atoms with Crippen molar-refractivity contribution < 1.29 is 17.2 Å². The van der Waals surface area contributed by atoms with E-state index < -0.39 is 10.0 Å². The maximum Gasteiger partial charge on any atom is 0.218 e. The van der Waals surface area contributed by atoms with Crippen LogP contribution in [0.1, 0.15) is 28.3 Å². The number of piperazine rings is 1. The number of halogens is 2. The van der Waals surface area contributed by atoms with Gasteiger partial charge in [0.2, 0.25) is 10.0 Å². The molecule has 0 spiro atoms. The van der Waals surface area contributed by atoms with Crippen molar-refractivity contribution in [3.8, 4) is 6.07 Å². The summed E-state index contributed by atoms with van der Waals surface area (Å²) in [4.78, 5) is 2.12. The number of nitriles is 1. The summed E-state index contributed by atoms with van der Waals surface area (Å²) in [5.74, 6) is -0.911. The molecule has 0 radical (unpaired) electrons. The zero-order valence-corrected chi connectivity index (χ0v) is 18.7. The number of hydrogen-bond acceptors (Lipinski definition) is 4. The molecule has 5 nitrogen and oxygen atoms in total. The molecule has 3 aromatic carbocycles. The molecule has 3 aromatic rings. The van der Waals surface area contributed by atoms with Gasteiger partial charge in [-0.2, -0.15) is 9.57 Å². The highest BCUT2D eigenvalue weighted by Crippen LogP contribution is 2.30. The second-order valence-electron chi connectivity index (χ2n) is 7.97. The van der Waals surface area contributed by atoms with Gasteiger partial charge in [0.05, 0.1) is 23.4 Å². The van der Waals surface area contributed by atoms with Gasteiger partial charge in [0.25, 0.3) is 0 Å². The lowest BCUT2D eigenvalue weighted by atomic mass is 9.96. The van der Waals surface area contributed by atoms with E-state index in [4.69, 9.17) is 0 Å². The van der Waals surface area contributed by atoms with Gasteiger partial charge in [0, 0.05) is 26.2 Å². The number of nitrogens with zero attached hydrogens (tertiary/aromatic N) is 3. The Kier molecular flexibility index (Phi) is 6.84. The Bertz CT molecular complexity index is 1200. The molecule has 1 aliphatic heterocycles. The van der Waals surface area contributed by atoms with Crippen LogP contribution >= 0.6 is 0 Å². The first-order valence-electron chi connectivity index (χ1n) is 10.6. The van der Waals surface area contributed by atoms with Crippen molar-refractivity contribution in [1.29, 1.82) is 5.26 Å². The van der Waals surface area contributed by atoms with Gasteiger partial charge in [0.1, 0.15) is 11.6 Å². The van der Waals surface area contributed by atoms with Crippen LogP contribution in [-0.4, -0.2) is 43.8 Å². The van der Waals surface area contributed by atoms with Gasteiger partial charge in [-0.1, -0.05) is 42.5 Å². The highest BCUT2D eigenvalue weighted by atomic mass is 32.2. The van der Waals surface area contributed by atoms with Crippen LogP contribution in [0, 0.1) is 23.0 Å². The van der Waals surface area contributed by atoms with Crippen molar-refractivity contribution in [2.75, 3.05) is 26.2 Å². The molecule has 1 fully saturated rings. The van der Waals surface area contributed by atoms with Crippen LogP contribution in [0.4, 0.5) is 8.78 Å². The van der Waals surface area contributed by atoms with Crippen molar-refractivity contribution >= 4 is 10.0 Å². The molecule has 8 heteroatoms. The molecule has 4 rings (SSSR count). The molecule has 0 saturated carbocycles. The van der Waals surface area contributed by atoms with E-state index in [2.05, 4.69) is 4.90 Å². The Morgan fingerprint density at radius 1 is 0.818 bits per heavy atom. The Labute approximate surface area is 192 Å². The van der Waals surface area contributed by atoms with Gasteiger partial charge in [-0.15, -0.1) is 0 Å². The number of rotatable bonds is 6. The minimum absolute atomic E-state index is 0.226. The SMILES string of the molecule is N#Cc1ccccc1CS(=O)(=O)N1CCN(C(c2ccc(F)cc2)c2ccc(F)cc2)CC1. The van der Waals surface area contributed by atoms with Crippen molar-refractivity contribution in [2.45, 2.75) is 11.8 Å². The first-order chi connectivity index (χ1) is 15.9. The van der Waals surface area contributed by atoms with E-state index in [1.807, 2.05) is 6.07 Å². The van der Waals surface area contributed by atoms with Crippen LogP contribution in [0.15, 0.2) is 72.8 Å². The molecule has 33 heavy (non-hydrogen) atoms. The predicted octanol–water partition coefficient (Wildman–Crippen LogP) is 4.07. The predicted molar refractivity (Wildman–Crippen MR) is 122 cm³/mol. The lowest BCUT2D eigenvalue weighted by molar-refractivity contribution is 0.155. The van der Waals surface area contributed by atoms with Gasteiger partial charge >= 0.3 is 0 Å². The fourth-order valence-corrected chi connectivity index (χ4v) is 5.73. The standard InChI is InChI=1S/C25H23F2N3O2S/c26-23-9-5-19(6-10-23)25(20-7-11-24(27)12-8-20)29-13-15-30(16-14-29)33(31,32)18-22-4-2-1-3-21(22)17-28/h1-12,25H,13-16,18H2. The summed E-state index contributed by atoms with van der Waals surface area (Å²) in [6, 6.07) is 20.8. The number of sulfonamides is 1. The maximum atomic E-state index is 13.5. The molecule has 1 aliphatic rings. The van der Waals surface area contributed by atoms with Gasteiger partial charge < -0.3 is 0 Å². The summed E-state index contributed by atoms with van der Waals surface area (Å²) in [6.07, 6.45) is 0. The Balaban J connectivity index is 1.53. The van der Waals surface area contributed by atoms with Gasteiger partial charge in [-0.25, -0.2) is 17.2 Å². The van der Waals surface area contributed by atoms with E-state index in [1.54, 1.807) is 48.5 Å². The molecular weight excluding hydrogens is 444 g/mol. The minimum atomic E-state index is -3.60. The Hall–Kier alpha value is -3.12. The molecule has 1 saturated heterocycles. The number of hydrogen-bond donors (Lipinski definition) is 0. The van der Waals surface area contributed by atoms with Crippen molar-refractivity contribution in [1.82, 2.24) is 9.21 Å². The third-order valence-electron chi connectivity index (χ3n) is 5.88. The molecule has 0 aromatic heterocycles. The largest absolute Gasteiger partial charge is 0.290 e. The third-order valence-corrected chi connectivity index (χ3v) is 7.71. The van der Waals surface area contributed by atoms with Crippen molar-refractivity contribution in [3.05, 3.63) is 107 Å². The molecule has 170 valence electrons. The molecule has 1 heterocycles. The number of benzene rings is 3. The second kappa shape index (κ2) is 9.79. The monoisotopic (exact) mass is 467 g/mol. The summed E-state index contributed by atoms with van der Waals surface area (Å²) < 4.78 is 54.5. The quantitative estimate of drug-likeness (QED) is 0.548. The van der Waals surface area contributed by atoms with Crippen LogP contribution in [0.3, 0.4) is 0 Å². The second-order valence-corrected chi connectivity index (χ2v) is 9.93. The van der Waals surface area contributed by atoms with E-state index in [0.717, 1.165) is 11.1 Å². The van der Waals surface area contributed by atoms with E-state index in [1.165, 1.54) is 28.6 Å². The minimum Gasteiger partial charge on any atom is -0.290 e. The smallest absolute Gasteiger partial charge is 0.218 e. The lowest BCUT2D eigenvalue weighted by Crippen LogP contribution is -2.50. The normalized spacial score (nSPS) is 15.5.